The number of aromatic nitrogens is 4. The van der Waals surface area contributed by atoms with Crippen LogP contribution in [0.2, 0.25) is 0 Å². The lowest BCUT2D eigenvalue weighted by molar-refractivity contribution is -0.117. The predicted molar refractivity (Wildman–Crippen MR) is 121 cm³/mol. The largest absolute Gasteiger partial charge is 0.366 e. The van der Waals surface area contributed by atoms with Crippen molar-refractivity contribution >= 4 is 34.7 Å². The lowest BCUT2D eigenvalue weighted by Gasteiger charge is -2.29. The maximum Gasteiger partial charge on any atom is 0.254 e. The summed E-state index contributed by atoms with van der Waals surface area (Å²) in [6, 6.07) is 6.73. The van der Waals surface area contributed by atoms with Gasteiger partial charge in [-0.25, -0.2) is 4.98 Å². The van der Waals surface area contributed by atoms with Crippen LogP contribution in [-0.2, 0) is 18.3 Å². The zero-order valence-corrected chi connectivity index (χ0v) is 17.1. The molecule has 3 aromatic rings. The van der Waals surface area contributed by atoms with Gasteiger partial charge < -0.3 is 20.9 Å². The van der Waals surface area contributed by atoms with E-state index in [-0.39, 0.29) is 35.4 Å². The molecule has 10 nitrogen and oxygen atoms in total. The summed E-state index contributed by atoms with van der Waals surface area (Å²) in [5.74, 6) is -0.916. The summed E-state index contributed by atoms with van der Waals surface area (Å²) < 4.78 is 45.1. The first-order valence-electron chi connectivity index (χ1n) is 13.0. The van der Waals surface area contributed by atoms with Gasteiger partial charge in [0.05, 0.1) is 29.2 Å². The number of hydrogen-bond acceptors (Lipinski definition) is 7. The van der Waals surface area contributed by atoms with E-state index in [4.69, 9.17) is 8.22 Å². The van der Waals surface area contributed by atoms with E-state index in [0.29, 0.717) is 28.3 Å². The van der Waals surface area contributed by atoms with Gasteiger partial charge >= 0.3 is 0 Å². The smallest absolute Gasteiger partial charge is 0.254 e. The Balaban J connectivity index is 1.55. The summed E-state index contributed by atoms with van der Waals surface area (Å²) >= 11 is 0. The zero-order valence-electron chi connectivity index (χ0n) is 23.1. The van der Waals surface area contributed by atoms with Crippen molar-refractivity contribution in [2.45, 2.75) is 19.4 Å². The molecule has 0 bridgehead atoms. The number of carbonyl (C=O) groups is 2. The second-order valence-corrected chi connectivity index (χ2v) is 7.80. The van der Waals surface area contributed by atoms with Crippen LogP contribution in [-0.4, -0.2) is 45.8 Å². The van der Waals surface area contributed by atoms with Gasteiger partial charge in [-0.3, -0.25) is 9.59 Å². The van der Waals surface area contributed by atoms with Crippen LogP contribution in [0.15, 0.2) is 30.5 Å². The van der Waals surface area contributed by atoms with E-state index in [1.54, 1.807) is 25.2 Å². The molecule has 1 aliphatic carbocycles. The molecule has 164 valence electrons. The molecule has 1 saturated carbocycles. The number of benzene rings is 1. The Labute approximate surface area is 193 Å². The molecule has 3 N–H and O–H groups in total. The van der Waals surface area contributed by atoms with E-state index in [9.17, 15) is 9.59 Å². The van der Waals surface area contributed by atoms with E-state index in [0.717, 1.165) is 17.6 Å². The number of nitrogens with zero attached hydrogens (tertiary/aromatic N) is 5. The lowest BCUT2D eigenvalue weighted by atomic mass is 10.0. The van der Waals surface area contributed by atoms with Gasteiger partial charge in [-0.15, -0.1) is 0 Å². The molecule has 10 heteroatoms. The van der Waals surface area contributed by atoms with Gasteiger partial charge in [0, 0.05) is 53.0 Å². The molecule has 32 heavy (non-hydrogen) atoms. The predicted octanol–water partition coefficient (Wildman–Crippen LogP) is 2.28. The molecule has 2 aromatic heterocycles. The van der Waals surface area contributed by atoms with Crippen molar-refractivity contribution in [3.63, 3.8) is 0 Å². The number of aryl methyl sites for hydroxylation is 1. The molecule has 5 rings (SSSR count). The van der Waals surface area contributed by atoms with Crippen molar-refractivity contribution in [3.05, 3.63) is 41.7 Å². The second kappa shape index (κ2) is 7.63. The average Bonchev–Trinajstić information content (AvgIpc) is 3.56. The summed E-state index contributed by atoms with van der Waals surface area (Å²) in [6.45, 7) is -4.97. The van der Waals surface area contributed by atoms with Crippen LogP contribution in [0.4, 0.5) is 22.9 Å². The van der Waals surface area contributed by atoms with Crippen LogP contribution in [0.5, 0.6) is 0 Å². The van der Waals surface area contributed by atoms with Gasteiger partial charge in [0.1, 0.15) is 17.2 Å². The number of para-hydroxylation sites is 1. The number of carbonyl (C=O) groups excluding carboxylic acids is 2. The number of anilines is 4. The molecule has 3 heterocycles. The summed E-state index contributed by atoms with van der Waals surface area (Å²) in [6.07, 6.45) is 2.80. The Bertz CT molecular complexity index is 1430. The quantitative estimate of drug-likeness (QED) is 0.559. The van der Waals surface area contributed by atoms with Crippen LogP contribution >= 0.6 is 0 Å². The van der Waals surface area contributed by atoms with Crippen LogP contribution in [0.25, 0.3) is 11.3 Å². The SMILES string of the molecule is [2H]C([2H])([2H])NC(=O)c1cnc(NC(=O)C2CC2)cc1Nc1cccc2c1N(C)Cc1nn(C([2H])([2H])[2H])nc1-2. The first-order valence-corrected chi connectivity index (χ1v) is 10.0. The molecule has 2 amide bonds. The molecule has 0 saturated heterocycles. The summed E-state index contributed by atoms with van der Waals surface area (Å²) in [5.41, 5.74) is 2.92. The Morgan fingerprint density at radius 2 is 2.09 bits per heavy atom. The van der Waals surface area contributed by atoms with Crippen molar-refractivity contribution in [2.24, 2.45) is 12.9 Å². The molecule has 1 fully saturated rings. The second-order valence-electron chi connectivity index (χ2n) is 7.80. The van der Waals surface area contributed by atoms with Gasteiger partial charge in [-0.05, 0) is 18.9 Å². The highest BCUT2D eigenvalue weighted by molar-refractivity contribution is 6.02. The van der Waals surface area contributed by atoms with Crippen LogP contribution in [0.1, 0.15) is 37.1 Å². The van der Waals surface area contributed by atoms with E-state index in [1.807, 2.05) is 10.2 Å². The number of pyridine rings is 1. The first kappa shape index (κ1) is 14.2. The van der Waals surface area contributed by atoms with E-state index < -0.39 is 19.9 Å². The Morgan fingerprint density at radius 3 is 2.88 bits per heavy atom. The number of amides is 2. The summed E-state index contributed by atoms with van der Waals surface area (Å²) in [5, 5.41) is 16.2. The maximum absolute atomic E-state index is 12.8. The Kier molecular flexibility index (Phi) is 3.38. The number of nitrogens with one attached hydrogen (secondary N) is 3. The van der Waals surface area contributed by atoms with Crippen molar-refractivity contribution < 1.29 is 17.8 Å². The van der Waals surface area contributed by atoms with E-state index in [2.05, 4.69) is 25.8 Å². The van der Waals surface area contributed by atoms with Crippen molar-refractivity contribution in [3.8, 4) is 11.3 Å². The highest BCUT2D eigenvalue weighted by atomic mass is 16.2. The topological polar surface area (TPSA) is 117 Å². The normalized spacial score (nSPS) is 18.0. The number of hydrogen-bond donors (Lipinski definition) is 3. The third-order valence-corrected chi connectivity index (χ3v) is 5.47. The Hall–Kier alpha value is -3.95. The van der Waals surface area contributed by atoms with E-state index in [1.165, 1.54) is 12.3 Å². The van der Waals surface area contributed by atoms with Gasteiger partial charge in [0.25, 0.3) is 5.91 Å². The monoisotopic (exact) mass is 438 g/mol. The maximum atomic E-state index is 12.8. The first-order chi connectivity index (χ1) is 17.8. The van der Waals surface area contributed by atoms with Crippen molar-refractivity contribution in [1.29, 1.82) is 0 Å². The summed E-state index contributed by atoms with van der Waals surface area (Å²) in [7, 11) is 1.80. The molecule has 0 radical (unpaired) electrons. The minimum Gasteiger partial charge on any atom is -0.366 e. The van der Waals surface area contributed by atoms with Gasteiger partial charge in [0.2, 0.25) is 5.91 Å². The highest BCUT2D eigenvalue weighted by Crippen LogP contribution is 2.42. The van der Waals surface area contributed by atoms with Crippen LogP contribution in [0.3, 0.4) is 0 Å². The fourth-order valence-corrected chi connectivity index (χ4v) is 3.80. The standard InChI is InChI=1S/C22H24N8O2/c1-23-22(32)14-10-24-18(26-21(31)12-7-8-12)9-16(14)25-15-6-4-5-13-19-17(27-30(3)28-19)11-29(2)20(13)15/h4-6,9-10,12H,7-8,11H2,1-3H3,(H,23,32)(H2,24,25,26,31)/i1D3,3D3. The van der Waals surface area contributed by atoms with Gasteiger partial charge in [-0.1, -0.05) is 12.1 Å². The fraction of sp³-hybridized carbons (Fsp3) is 0.318. The molecule has 2 aliphatic rings. The molecule has 1 aromatic carbocycles. The number of rotatable bonds is 5. The molecule has 0 atom stereocenters. The molecule has 0 spiro atoms. The van der Waals surface area contributed by atoms with Gasteiger partial charge in [0.15, 0.2) is 0 Å². The fourth-order valence-electron chi connectivity index (χ4n) is 3.80. The average molecular weight is 439 g/mol. The lowest BCUT2D eigenvalue weighted by Crippen LogP contribution is -2.23. The zero-order chi connectivity index (χ0) is 27.4. The molecule has 0 unspecified atom stereocenters. The van der Waals surface area contributed by atoms with Gasteiger partial charge in [-0.2, -0.15) is 15.0 Å². The molecular weight excluding hydrogens is 408 g/mol. The third-order valence-electron chi connectivity index (χ3n) is 5.47. The number of fused-ring (bicyclic) bond motifs is 3. The van der Waals surface area contributed by atoms with Crippen LogP contribution in [0, 0.1) is 5.92 Å². The third kappa shape index (κ3) is 3.53. The van der Waals surface area contributed by atoms with Crippen LogP contribution < -0.4 is 20.9 Å². The molecule has 1 aliphatic heterocycles. The molecular formula is C22H24N8O2. The van der Waals surface area contributed by atoms with Crippen molar-refractivity contribution in [1.82, 2.24) is 25.3 Å². The summed E-state index contributed by atoms with van der Waals surface area (Å²) in [4.78, 5) is 31.8. The minimum absolute atomic E-state index is 0.0457. The van der Waals surface area contributed by atoms with E-state index >= 15 is 0 Å². The minimum atomic E-state index is -2.72. The Morgan fingerprint density at radius 1 is 1.22 bits per heavy atom. The van der Waals surface area contributed by atoms with Crippen molar-refractivity contribution in [2.75, 3.05) is 29.6 Å². The highest BCUT2D eigenvalue weighted by Gasteiger charge is 2.30.